The van der Waals surface area contributed by atoms with Crippen LogP contribution < -0.4 is 4.72 Å². The normalized spacial score (nSPS) is 24.9. The molecule has 3 aliphatic rings. The molecular weight excluding hydrogens is 429 g/mol. The van der Waals surface area contributed by atoms with Crippen LogP contribution in [0, 0.1) is 11.8 Å². The van der Waals surface area contributed by atoms with E-state index in [1.807, 2.05) is 0 Å². The summed E-state index contributed by atoms with van der Waals surface area (Å²) in [6, 6.07) is 0. The summed E-state index contributed by atoms with van der Waals surface area (Å²) in [6.45, 7) is 8.00. The lowest BCUT2D eigenvalue weighted by atomic mass is 9.78. The number of hydrogen-bond donors (Lipinski definition) is 2. The molecule has 8 nitrogen and oxygen atoms in total. The molecule has 0 radical (unpaired) electrons. The van der Waals surface area contributed by atoms with Crippen molar-refractivity contribution in [2.75, 3.05) is 51.8 Å². The molecule has 3 saturated heterocycles. The van der Waals surface area contributed by atoms with E-state index in [-0.39, 0.29) is 11.4 Å². The SMILES string of the molecule is CCS(=O)(=O)NCCC1CCOC12CN(CC1CCOCC1)C2.O=C(O)C(F)(F)F. The highest BCUT2D eigenvalue weighted by Gasteiger charge is 2.52. The minimum absolute atomic E-state index is 0.0111. The van der Waals surface area contributed by atoms with Crippen LogP contribution in [0.5, 0.6) is 0 Å². The van der Waals surface area contributed by atoms with E-state index in [1.54, 1.807) is 6.92 Å². The maximum atomic E-state index is 11.5. The minimum atomic E-state index is -5.08. The number of nitrogens with one attached hydrogen (secondary N) is 1. The van der Waals surface area contributed by atoms with Crippen molar-refractivity contribution in [2.45, 2.75) is 44.4 Å². The molecule has 0 amide bonds. The van der Waals surface area contributed by atoms with Gasteiger partial charge in [-0.3, -0.25) is 4.90 Å². The Morgan fingerprint density at radius 2 is 1.80 bits per heavy atom. The topological polar surface area (TPSA) is 105 Å². The van der Waals surface area contributed by atoms with E-state index in [4.69, 9.17) is 19.4 Å². The summed E-state index contributed by atoms with van der Waals surface area (Å²) >= 11 is 0. The number of ether oxygens (including phenoxy) is 2. The predicted molar refractivity (Wildman–Crippen MR) is 103 cm³/mol. The number of rotatable bonds is 7. The summed E-state index contributed by atoms with van der Waals surface area (Å²) < 4.78 is 69.0. The number of aliphatic carboxylic acids is 1. The van der Waals surface area contributed by atoms with Crippen LogP contribution in [0.3, 0.4) is 0 Å². The van der Waals surface area contributed by atoms with Gasteiger partial charge in [-0.05, 0) is 44.4 Å². The number of hydrogen-bond acceptors (Lipinski definition) is 6. The highest BCUT2D eigenvalue weighted by Crippen LogP contribution is 2.42. The molecule has 1 unspecified atom stereocenters. The Labute approximate surface area is 175 Å². The monoisotopic (exact) mass is 460 g/mol. The number of nitrogens with zero attached hydrogens (tertiary/aromatic N) is 1. The Hall–Kier alpha value is -0.950. The first-order chi connectivity index (χ1) is 14.0. The van der Waals surface area contributed by atoms with Gasteiger partial charge in [0, 0.05) is 46.0 Å². The number of carboxylic acids is 1. The van der Waals surface area contributed by atoms with Gasteiger partial charge in [0.2, 0.25) is 10.0 Å². The first-order valence-electron chi connectivity index (χ1n) is 10.2. The molecule has 0 aromatic carbocycles. The minimum Gasteiger partial charge on any atom is -0.475 e. The lowest BCUT2D eigenvalue weighted by Crippen LogP contribution is -2.65. The van der Waals surface area contributed by atoms with E-state index in [1.165, 1.54) is 12.8 Å². The van der Waals surface area contributed by atoms with E-state index in [2.05, 4.69) is 9.62 Å². The summed E-state index contributed by atoms with van der Waals surface area (Å²) in [5, 5.41) is 7.12. The smallest absolute Gasteiger partial charge is 0.475 e. The van der Waals surface area contributed by atoms with Crippen molar-refractivity contribution in [3.8, 4) is 0 Å². The molecule has 3 heterocycles. The molecule has 2 N–H and O–H groups in total. The van der Waals surface area contributed by atoms with Gasteiger partial charge in [0.25, 0.3) is 0 Å². The van der Waals surface area contributed by atoms with Gasteiger partial charge < -0.3 is 14.6 Å². The third kappa shape index (κ3) is 7.33. The maximum absolute atomic E-state index is 11.5. The van der Waals surface area contributed by atoms with Crippen molar-refractivity contribution < 1.29 is 41.0 Å². The number of halogens is 3. The molecule has 3 aliphatic heterocycles. The lowest BCUT2D eigenvalue weighted by molar-refractivity contribution is -0.192. The molecule has 0 bridgehead atoms. The van der Waals surface area contributed by atoms with Crippen LogP contribution in [0.2, 0.25) is 0 Å². The van der Waals surface area contributed by atoms with Crippen molar-refractivity contribution >= 4 is 16.0 Å². The number of carboxylic acid groups (broad SMARTS) is 1. The molecule has 12 heteroatoms. The molecule has 0 aromatic heterocycles. The Balaban J connectivity index is 0.000000396. The zero-order chi connectivity index (χ0) is 22.4. The Morgan fingerprint density at radius 3 is 2.33 bits per heavy atom. The molecular formula is C18H31F3N2O6S. The van der Waals surface area contributed by atoms with E-state index in [9.17, 15) is 21.6 Å². The van der Waals surface area contributed by atoms with Crippen LogP contribution in [0.4, 0.5) is 13.2 Å². The third-order valence-corrected chi connectivity index (χ3v) is 7.28. The van der Waals surface area contributed by atoms with Crippen LogP contribution in [0.15, 0.2) is 0 Å². The second-order valence-corrected chi connectivity index (χ2v) is 10.1. The van der Waals surface area contributed by atoms with Crippen molar-refractivity contribution in [3.05, 3.63) is 0 Å². The summed E-state index contributed by atoms with van der Waals surface area (Å²) in [4.78, 5) is 11.4. The molecule has 30 heavy (non-hydrogen) atoms. The van der Waals surface area contributed by atoms with Crippen LogP contribution in [-0.2, 0) is 24.3 Å². The van der Waals surface area contributed by atoms with Gasteiger partial charge >= 0.3 is 12.1 Å². The predicted octanol–water partition coefficient (Wildman–Crippen LogP) is 1.47. The van der Waals surface area contributed by atoms with E-state index in [0.717, 1.165) is 58.2 Å². The lowest BCUT2D eigenvalue weighted by Gasteiger charge is -2.51. The number of sulfonamides is 1. The van der Waals surface area contributed by atoms with Gasteiger partial charge in [-0.1, -0.05) is 0 Å². The summed E-state index contributed by atoms with van der Waals surface area (Å²) in [7, 11) is -3.08. The van der Waals surface area contributed by atoms with Crippen LogP contribution >= 0.6 is 0 Å². The van der Waals surface area contributed by atoms with Gasteiger partial charge in [0.1, 0.15) is 0 Å². The van der Waals surface area contributed by atoms with Gasteiger partial charge in [-0.15, -0.1) is 0 Å². The Kier molecular flexibility index (Phi) is 8.92. The first-order valence-corrected chi connectivity index (χ1v) is 11.8. The summed E-state index contributed by atoms with van der Waals surface area (Å²) in [5.74, 6) is -1.36. The Morgan fingerprint density at radius 1 is 1.20 bits per heavy atom. The second kappa shape index (κ2) is 10.6. The number of alkyl halides is 3. The Bertz CT molecular complexity index is 661. The molecule has 1 spiro atoms. The van der Waals surface area contributed by atoms with E-state index >= 15 is 0 Å². The fraction of sp³-hybridized carbons (Fsp3) is 0.944. The van der Waals surface area contributed by atoms with Crippen molar-refractivity contribution in [3.63, 3.8) is 0 Å². The average molecular weight is 461 g/mol. The van der Waals surface area contributed by atoms with Gasteiger partial charge in [0.15, 0.2) is 0 Å². The van der Waals surface area contributed by atoms with Crippen LogP contribution in [0.1, 0.15) is 32.6 Å². The standard InChI is InChI=1S/C16H30N2O4S.C2HF3O2/c1-2-23(19,20)17-7-3-15-6-10-22-16(15)12-18(13-16)11-14-4-8-21-9-5-14;3-2(4,5)1(6)7/h14-15,17H,2-13H2,1H3;(H,6,7). The maximum Gasteiger partial charge on any atom is 0.490 e. The molecule has 1 atom stereocenters. The fourth-order valence-electron chi connectivity index (χ4n) is 4.17. The molecule has 0 aromatic rings. The average Bonchev–Trinajstić information content (AvgIpc) is 3.06. The quantitative estimate of drug-likeness (QED) is 0.593. The largest absolute Gasteiger partial charge is 0.490 e. The van der Waals surface area contributed by atoms with Crippen LogP contribution in [0.25, 0.3) is 0 Å². The number of likely N-dealkylation sites (tertiary alicyclic amines) is 1. The third-order valence-electron chi connectivity index (χ3n) is 5.88. The van der Waals surface area contributed by atoms with Crippen molar-refractivity contribution in [1.29, 1.82) is 0 Å². The summed E-state index contributed by atoms with van der Waals surface area (Å²) in [5.41, 5.74) is -0.0111. The van der Waals surface area contributed by atoms with E-state index in [0.29, 0.717) is 12.5 Å². The first kappa shape index (κ1) is 25.3. The molecule has 3 fully saturated rings. The van der Waals surface area contributed by atoms with Crippen molar-refractivity contribution in [2.24, 2.45) is 11.8 Å². The highest BCUT2D eigenvalue weighted by molar-refractivity contribution is 7.89. The molecule has 0 aliphatic carbocycles. The number of carbonyl (C=O) groups is 1. The molecule has 176 valence electrons. The molecule has 3 rings (SSSR count). The van der Waals surface area contributed by atoms with Crippen molar-refractivity contribution in [1.82, 2.24) is 9.62 Å². The fourth-order valence-corrected chi connectivity index (χ4v) is 4.80. The molecule has 0 saturated carbocycles. The highest BCUT2D eigenvalue weighted by atomic mass is 32.2. The van der Waals surface area contributed by atoms with E-state index < -0.39 is 22.2 Å². The van der Waals surface area contributed by atoms with Crippen LogP contribution in [-0.4, -0.2) is 87.9 Å². The van der Waals surface area contributed by atoms with Gasteiger partial charge in [-0.2, -0.15) is 13.2 Å². The zero-order valence-electron chi connectivity index (χ0n) is 17.1. The van der Waals surface area contributed by atoms with Gasteiger partial charge in [-0.25, -0.2) is 17.9 Å². The van der Waals surface area contributed by atoms with Gasteiger partial charge in [0.05, 0.1) is 11.4 Å². The zero-order valence-corrected chi connectivity index (χ0v) is 17.9. The summed E-state index contributed by atoms with van der Waals surface area (Å²) in [6.07, 6.45) is -0.803. The second-order valence-electron chi connectivity index (χ2n) is 8.01.